The maximum Gasteiger partial charge on any atom is 1.00 e. The molecule has 0 amide bonds. The Morgan fingerprint density at radius 3 is 0.811 bits per heavy atom. The van der Waals surface area contributed by atoms with Crippen LogP contribution >= 0.6 is 118 Å². The molecule has 0 saturated heterocycles. The topological polar surface area (TPSA) is 30.0 Å². The summed E-state index contributed by atoms with van der Waals surface area (Å²) >= 11 is 20.4. The molecule has 0 aliphatic heterocycles. The van der Waals surface area contributed by atoms with Crippen LogP contribution in [0, 0.1) is 74.0 Å². The minimum Gasteiger partial charge on any atom is -0.870 e. The fourth-order valence-electron chi connectivity index (χ4n) is 0.125. The third kappa shape index (κ3) is 616. The van der Waals surface area contributed by atoms with Crippen molar-refractivity contribution in [3.63, 3.8) is 0 Å². The molecule has 0 aromatic carbocycles. The van der Waals surface area contributed by atoms with Gasteiger partial charge in [-0.3, -0.25) is 0 Å². The van der Waals surface area contributed by atoms with Crippen molar-refractivity contribution in [2.75, 3.05) is 38.8 Å². The van der Waals surface area contributed by atoms with Crippen LogP contribution in [-0.4, -0.2) is 44.3 Å². The number of terminal acetylenes is 6. The second-order valence-electron chi connectivity index (χ2n) is 3.19. The van der Waals surface area contributed by atoms with E-state index in [9.17, 15) is 0 Å². The molecule has 0 aromatic heterocycles. The zero-order valence-electron chi connectivity index (χ0n) is 28.5. The second-order valence-corrected chi connectivity index (χ2v) is 4.72. The molecule has 0 rings (SSSR count). The number of halogens is 3. The van der Waals surface area contributed by atoms with Crippen LogP contribution in [0.5, 0.6) is 0 Å². The minimum atomic E-state index is 0. The van der Waals surface area contributed by atoms with Gasteiger partial charge in [0.15, 0.2) is 0 Å². The van der Waals surface area contributed by atoms with Gasteiger partial charge in [0.25, 0.3) is 0 Å². The molecule has 0 aromatic rings. The van der Waals surface area contributed by atoms with Crippen LogP contribution < -0.4 is 29.6 Å². The van der Waals surface area contributed by atoms with Gasteiger partial charge in [0.2, 0.25) is 0 Å². The van der Waals surface area contributed by atoms with Crippen molar-refractivity contribution in [3.05, 3.63) is 0 Å². The quantitative estimate of drug-likeness (QED) is 0.0765. The van der Waals surface area contributed by atoms with Gasteiger partial charge in [0.1, 0.15) is 5.48 Å². The first-order valence-electron chi connectivity index (χ1n) is 11.7. The fraction of sp³-hybridized carbons (Fsp3) is 0.571. The van der Waals surface area contributed by atoms with Crippen molar-refractivity contribution in [2.45, 2.75) is 59.8 Å². The maximum atomic E-state index is 6.34. The summed E-state index contributed by atoms with van der Waals surface area (Å²) in [6.45, 7) is 7.85. The van der Waals surface area contributed by atoms with E-state index in [1.165, 1.54) is 0 Å². The van der Waals surface area contributed by atoms with Gasteiger partial charge in [-0.1, -0.05) is 107 Å². The van der Waals surface area contributed by atoms with E-state index in [1.807, 2.05) is 51.8 Å². The van der Waals surface area contributed by atoms with Gasteiger partial charge in [0, 0.05) is 25.7 Å². The molecule has 0 bridgehead atoms. The summed E-state index contributed by atoms with van der Waals surface area (Å²) in [5.41, 5.74) is 0. The number of hydrogen-bond donors (Lipinski definition) is 4. The largest absolute Gasteiger partial charge is 1.00 e. The second kappa shape index (κ2) is 232. The van der Waals surface area contributed by atoms with E-state index in [4.69, 9.17) is 18.3 Å². The van der Waals surface area contributed by atoms with Crippen molar-refractivity contribution in [1.82, 2.24) is 0 Å². The molecule has 0 unspecified atom stereocenters. The van der Waals surface area contributed by atoms with Crippen molar-refractivity contribution < 1.29 is 40.5 Å². The van der Waals surface area contributed by atoms with E-state index in [1.54, 1.807) is 25.0 Å². The summed E-state index contributed by atoms with van der Waals surface area (Å²) in [7, 11) is 0. The average molecular weight is 945 g/mol. The molecule has 0 atom stereocenters. The predicted molar refractivity (Wildman–Crippen MR) is 218 cm³/mol. The summed E-state index contributed by atoms with van der Waals surface area (Å²) < 4.78 is 26.6. The SMILES string of the molecule is C#CCC.C#CCC.CI.CS.CS.CS.CS.[3H]C#CCC.[3H]C#CCCC.[3H]C#CCI.[3H]C#CCI.[Na+].[OH-]. The van der Waals surface area contributed by atoms with E-state index in [2.05, 4.69) is 160 Å². The molecule has 0 saturated carbocycles. The number of hydrogen-bond acceptors (Lipinski definition) is 5. The minimum absolute atomic E-state index is 0. The van der Waals surface area contributed by atoms with E-state index in [0.29, 0.717) is 0 Å². The molecule has 0 fully saturated rings. The summed E-state index contributed by atoms with van der Waals surface area (Å²) in [4.78, 5) is 1.97. The van der Waals surface area contributed by atoms with Crippen LogP contribution in [0.15, 0.2) is 0 Å². The number of rotatable bonds is 1. The predicted octanol–water partition coefficient (Wildman–Crippen LogP) is 6.68. The first-order chi connectivity index (χ1) is 19.0. The first-order valence-corrected chi connectivity index (χ1v) is 18.5. The summed E-state index contributed by atoms with van der Waals surface area (Å²) in [6, 6.07) is 0. The first kappa shape index (κ1) is 62.5. The molecule has 0 spiro atoms. The van der Waals surface area contributed by atoms with Crippen LogP contribution in [0.3, 0.4) is 0 Å². The van der Waals surface area contributed by atoms with Gasteiger partial charge in [0.05, 0.1) is 8.86 Å². The molecule has 0 aliphatic rings. The molecule has 9 heteroatoms. The van der Waals surface area contributed by atoms with E-state index >= 15 is 0 Å². The monoisotopic (exact) mass is 944 g/mol. The Labute approximate surface area is 327 Å². The molecule has 1 nitrogen and oxygen atoms in total. The Bertz CT molecular complexity index is 563. The Morgan fingerprint density at radius 2 is 0.784 bits per heavy atom. The van der Waals surface area contributed by atoms with Crippen molar-refractivity contribution in [3.8, 4) is 74.0 Å². The summed E-state index contributed by atoms with van der Waals surface area (Å²) in [6.07, 6.45) is 28.9. The number of thiol groups is 4. The average Bonchev–Trinajstić information content (AvgIpc) is 3.03. The fourth-order valence-corrected chi connectivity index (χ4v) is 0.125. The van der Waals surface area contributed by atoms with Crippen LogP contribution in [0.4, 0.5) is 0 Å². The zero-order valence-corrected chi connectivity index (χ0v) is 36.5. The van der Waals surface area contributed by atoms with Gasteiger partial charge in [-0.2, -0.15) is 50.5 Å². The number of unbranched alkanes of at least 4 members (excludes halogenated alkanes) is 1. The summed E-state index contributed by atoms with van der Waals surface area (Å²) in [5, 5.41) is 0. The molecule has 216 valence electrons. The van der Waals surface area contributed by atoms with E-state index in [-0.39, 0.29) is 35.0 Å². The van der Waals surface area contributed by atoms with Crippen LogP contribution in [-0.2, 0) is 0 Å². The van der Waals surface area contributed by atoms with E-state index in [0.717, 1.165) is 41.0 Å². The Hall–Kier alpha value is 1.91. The van der Waals surface area contributed by atoms with E-state index < -0.39 is 0 Å². The Kier molecular flexibility index (Phi) is 392. The molecule has 1 N–H and O–H groups in total. The Morgan fingerprint density at radius 1 is 0.568 bits per heavy atom. The number of alkyl halides is 3. The molecular weight excluding hydrogens is 884 g/mol. The van der Waals surface area contributed by atoms with Crippen molar-refractivity contribution in [2.24, 2.45) is 0 Å². The molecule has 37 heavy (non-hydrogen) atoms. The van der Waals surface area contributed by atoms with Gasteiger partial charge in [-0.15, -0.1) is 62.1 Å². The molecular formula is C28H52I3NaOS4. The van der Waals surface area contributed by atoms with Crippen LogP contribution in [0.2, 0.25) is 0 Å². The van der Waals surface area contributed by atoms with Gasteiger partial charge < -0.3 is 5.48 Å². The smallest absolute Gasteiger partial charge is 0.870 e. The maximum absolute atomic E-state index is 6.34. The van der Waals surface area contributed by atoms with Gasteiger partial charge in [-0.25, -0.2) is 0 Å². The molecule has 0 aliphatic carbocycles. The van der Waals surface area contributed by atoms with Crippen molar-refractivity contribution in [1.29, 1.82) is 0 Å². The summed E-state index contributed by atoms with van der Waals surface area (Å²) in [5.74, 6) is 15.0. The van der Waals surface area contributed by atoms with Crippen LogP contribution in [0.25, 0.3) is 0 Å². The standard InChI is InChI=1S/C5H8.3C4H6.2C3H3I.CH3I.4CH4S.Na.H2O/c1-3-5-4-2;3*1-3-4-2;2*1-2-3-4;5*1-2;;/h1H,4-5H2,2H3;3*1H,4H2,2H3;2*1H,3H2;1H3;4*2H,1H3;;1H2/q;;;;;;;;;;;+1;/p-1/i2*1T;;;2*1T;;;;;;;. The Balaban J connectivity index is -0.0000000195. The van der Waals surface area contributed by atoms with Crippen molar-refractivity contribution >= 4 is 118 Å². The van der Waals surface area contributed by atoms with Gasteiger partial charge >= 0.3 is 29.6 Å². The zero-order chi connectivity index (χ0) is 34.0. The molecule has 0 heterocycles. The molecule has 0 radical (unpaired) electrons. The van der Waals surface area contributed by atoms with Crippen LogP contribution in [0.1, 0.15) is 65.3 Å². The third-order valence-electron chi connectivity index (χ3n) is 1.09. The third-order valence-corrected chi connectivity index (χ3v) is 1.86. The normalized spacial score (nSPS) is 5.14. The van der Waals surface area contributed by atoms with Gasteiger partial charge in [-0.05, 0) is 36.4 Å².